The van der Waals surface area contributed by atoms with Crippen molar-refractivity contribution in [3.05, 3.63) is 69.7 Å². The third-order valence-corrected chi connectivity index (χ3v) is 5.26. The maximum atomic E-state index is 12.4. The lowest BCUT2D eigenvalue weighted by atomic mass is 10.0. The zero-order chi connectivity index (χ0) is 20.3. The molecular formula is C22H22ClNO4. The van der Waals surface area contributed by atoms with Crippen LogP contribution in [0, 0.1) is 19.8 Å². The molecule has 2 aromatic rings. The lowest BCUT2D eigenvalue weighted by Gasteiger charge is -2.17. The lowest BCUT2D eigenvalue weighted by Crippen LogP contribution is -2.27. The Morgan fingerprint density at radius 2 is 1.93 bits per heavy atom. The fraction of sp³-hybridized carbons (Fsp3) is 0.318. The third-order valence-electron chi connectivity index (χ3n) is 4.89. The van der Waals surface area contributed by atoms with E-state index in [1.54, 1.807) is 17.0 Å². The molecule has 0 radical (unpaired) electrons. The number of carbonyl (C=O) groups is 3. The van der Waals surface area contributed by atoms with Crippen LogP contribution >= 0.6 is 11.6 Å². The average molecular weight is 400 g/mol. The molecule has 1 heterocycles. The van der Waals surface area contributed by atoms with Gasteiger partial charge in [0.25, 0.3) is 0 Å². The maximum Gasteiger partial charge on any atom is 0.311 e. The van der Waals surface area contributed by atoms with Crippen LogP contribution in [0.5, 0.6) is 0 Å². The topological polar surface area (TPSA) is 63.7 Å². The summed E-state index contributed by atoms with van der Waals surface area (Å²) in [5.41, 5.74) is 3.29. The fourth-order valence-electron chi connectivity index (χ4n) is 3.37. The molecule has 1 amide bonds. The fourth-order valence-corrected chi connectivity index (χ4v) is 3.57. The third kappa shape index (κ3) is 4.60. The van der Waals surface area contributed by atoms with E-state index in [9.17, 15) is 14.4 Å². The zero-order valence-corrected chi connectivity index (χ0v) is 16.7. The molecule has 5 nitrogen and oxygen atoms in total. The first-order valence-corrected chi connectivity index (χ1v) is 9.51. The monoisotopic (exact) mass is 399 g/mol. The van der Waals surface area contributed by atoms with E-state index in [1.165, 1.54) is 0 Å². The highest BCUT2D eigenvalue weighted by Crippen LogP contribution is 2.24. The summed E-state index contributed by atoms with van der Waals surface area (Å²) in [5.74, 6) is -1.46. The minimum absolute atomic E-state index is 0.0844. The number of esters is 1. The van der Waals surface area contributed by atoms with Crippen LogP contribution in [0.4, 0.5) is 0 Å². The van der Waals surface area contributed by atoms with E-state index in [2.05, 4.69) is 0 Å². The second-order valence-electron chi connectivity index (χ2n) is 7.12. The van der Waals surface area contributed by atoms with Gasteiger partial charge in [-0.2, -0.15) is 0 Å². The molecule has 1 fully saturated rings. The van der Waals surface area contributed by atoms with Gasteiger partial charge in [0.15, 0.2) is 6.61 Å². The molecule has 0 unspecified atom stereocenters. The van der Waals surface area contributed by atoms with Crippen molar-refractivity contribution < 1.29 is 19.1 Å². The van der Waals surface area contributed by atoms with E-state index in [0.717, 1.165) is 16.7 Å². The molecule has 3 rings (SSSR count). The largest absolute Gasteiger partial charge is 0.457 e. The summed E-state index contributed by atoms with van der Waals surface area (Å²) in [7, 11) is 0. The first-order valence-electron chi connectivity index (χ1n) is 9.13. The number of hydrogen-bond donors (Lipinski definition) is 0. The van der Waals surface area contributed by atoms with Crippen LogP contribution in [-0.2, 0) is 20.9 Å². The molecule has 0 aromatic heterocycles. The van der Waals surface area contributed by atoms with Gasteiger partial charge in [0.05, 0.1) is 5.92 Å². The summed E-state index contributed by atoms with van der Waals surface area (Å²) in [6.07, 6.45) is 0.0844. The second kappa shape index (κ2) is 8.57. The van der Waals surface area contributed by atoms with E-state index in [0.29, 0.717) is 17.1 Å². The SMILES string of the molecule is Cc1ccc(C(=O)COC(=O)[C@H]2CC(=O)N(Cc3ccccc3Cl)C2)c(C)c1. The van der Waals surface area contributed by atoms with Gasteiger partial charge in [0.2, 0.25) is 11.7 Å². The minimum atomic E-state index is -0.568. The zero-order valence-electron chi connectivity index (χ0n) is 15.9. The molecule has 1 aliphatic rings. The Balaban J connectivity index is 1.56. The summed E-state index contributed by atoms with van der Waals surface area (Å²) in [5, 5.41) is 0.584. The molecule has 28 heavy (non-hydrogen) atoms. The molecule has 1 atom stereocenters. The maximum absolute atomic E-state index is 12.4. The van der Waals surface area contributed by atoms with E-state index in [-0.39, 0.29) is 31.3 Å². The Morgan fingerprint density at radius 1 is 1.18 bits per heavy atom. The molecule has 1 saturated heterocycles. The number of rotatable bonds is 6. The van der Waals surface area contributed by atoms with Crippen molar-refractivity contribution in [1.29, 1.82) is 0 Å². The van der Waals surface area contributed by atoms with Gasteiger partial charge in [-0.05, 0) is 31.0 Å². The Morgan fingerprint density at radius 3 is 2.64 bits per heavy atom. The van der Waals surface area contributed by atoms with Gasteiger partial charge >= 0.3 is 5.97 Å². The molecule has 1 aliphatic heterocycles. The summed E-state index contributed by atoms with van der Waals surface area (Å²) >= 11 is 6.15. The first-order chi connectivity index (χ1) is 13.3. The highest BCUT2D eigenvalue weighted by atomic mass is 35.5. The van der Waals surface area contributed by atoms with Crippen molar-refractivity contribution in [2.24, 2.45) is 5.92 Å². The Bertz CT molecular complexity index is 925. The number of aryl methyl sites for hydroxylation is 2. The molecule has 0 saturated carbocycles. The van der Waals surface area contributed by atoms with Crippen molar-refractivity contribution in [3.63, 3.8) is 0 Å². The van der Waals surface area contributed by atoms with Gasteiger partial charge in [-0.1, -0.05) is 53.6 Å². The standard InChI is InChI=1S/C22H22ClNO4/c1-14-7-8-18(15(2)9-14)20(25)13-28-22(27)17-10-21(26)24(12-17)11-16-5-3-4-6-19(16)23/h3-9,17H,10-13H2,1-2H3/t17-/m0/s1. The number of nitrogens with zero attached hydrogens (tertiary/aromatic N) is 1. The number of Topliss-reactive ketones (excluding diaryl/α,β-unsaturated/α-hetero) is 1. The van der Waals surface area contributed by atoms with Gasteiger partial charge in [0.1, 0.15) is 0 Å². The molecule has 0 N–H and O–H groups in total. The quantitative estimate of drug-likeness (QED) is 0.548. The van der Waals surface area contributed by atoms with E-state index >= 15 is 0 Å². The molecule has 0 aliphatic carbocycles. The number of likely N-dealkylation sites (tertiary alicyclic amines) is 1. The van der Waals surface area contributed by atoms with Crippen LogP contribution in [0.1, 0.15) is 33.5 Å². The predicted molar refractivity (Wildman–Crippen MR) is 106 cm³/mol. The summed E-state index contributed by atoms with van der Waals surface area (Å²) in [6.45, 7) is 4.10. The highest BCUT2D eigenvalue weighted by Gasteiger charge is 2.35. The van der Waals surface area contributed by atoms with Gasteiger partial charge in [-0.3, -0.25) is 14.4 Å². The number of ether oxygens (including phenoxy) is 1. The van der Waals surface area contributed by atoms with Gasteiger partial charge < -0.3 is 9.64 Å². The summed E-state index contributed by atoms with van der Waals surface area (Å²) in [6, 6.07) is 12.8. The first kappa shape index (κ1) is 20.1. The predicted octanol–water partition coefficient (Wildman–Crippen LogP) is 3.73. The molecule has 0 spiro atoms. The lowest BCUT2D eigenvalue weighted by molar-refractivity contribution is -0.147. The van der Waals surface area contributed by atoms with Crippen LogP contribution in [0.15, 0.2) is 42.5 Å². The smallest absolute Gasteiger partial charge is 0.311 e. The normalized spacial score (nSPS) is 16.3. The summed E-state index contributed by atoms with van der Waals surface area (Å²) in [4.78, 5) is 38.5. The number of amides is 1. The number of halogens is 1. The Kier molecular flexibility index (Phi) is 6.15. The molecule has 146 valence electrons. The van der Waals surface area contributed by atoms with Crippen molar-refractivity contribution in [2.45, 2.75) is 26.8 Å². The van der Waals surface area contributed by atoms with Gasteiger partial charge in [-0.15, -0.1) is 0 Å². The molecule has 6 heteroatoms. The number of carbonyl (C=O) groups excluding carboxylic acids is 3. The van der Waals surface area contributed by atoms with Crippen molar-refractivity contribution in [1.82, 2.24) is 4.90 Å². The second-order valence-corrected chi connectivity index (χ2v) is 7.52. The van der Waals surface area contributed by atoms with E-state index in [4.69, 9.17) is 16.3 Å². The van der Waals surface area contributed by atoms with Gasteiger partial charge in [-0.25, -0.2) is 0 Å². The highest BCUT2D eigenvalue weighted by molar-refractivity contribution is 6.31. The van der Waals surface area contributed by atoms with Crippen LogP contribution in [-0.4, -0.2) is 35.7 Å². The summed E-state index contributed by atoms with van der Waals surface area (Å²) < 4.78 is 5.20. The Hall–Kier alpha value is -2.66. The van der Waals surface area contributed by atoms with Crippen LogP contribution in [0.3, 0.4) is 0 Å². The van der Waals surface area contributed by atoms with Crippen molar-refractivity contribution in [2.75, 3.05) is 13.2 Å². The van der Waals surface area contributed by atoms with Crippen molar-refractivity contribution >= 4 is 29.3 Å². The van der Waals surface area contributed by atoms with Crippen LogP contribution in [0.2, 0.25) is 5.02 Å². The van der Waals surface area contributed by atoms with E-state index in [1.807, 2.05) is 44.2 Å². The number of hydrogen-bond acceptors (Lipinski definition) is 4. The average Bonchev–Trinajstić information content (AvgIpc) is 3.02. The minimum Gasteiger partial charge on any atom is -0.457 e. The molecule has 0 bridgehead atoms. The van der Waals surface area contributed by atoms with Gasteiger partial charge in [0, 0.05) is 30.1 Å². The molecule has 2 aromatic carbocycles. The van der Waals surface area contributed by atoms with Crippen LogP contribution in [0.25, 0.3) is 0 Å². The van der Waals surface area contributed by atoms with E-state index < -0.39 is 11.9 Å². The number of benzene rings is 2. The van der Waals surface area contributed by atoms with Crippen molar-refractivity contribution in [3.8, 4) is 0 Å². The Labute approximate surface area is 169 Å². The number of ketones is 1. The molecular weight excluding hydrogens is 378 g/mol. The van der Waals surface area contributed by atoms with Crippen LogP contribution < -0.4 is 0 Å².